The SMILES string of the molecule is COc1cc(C=c2sc3nc4ccccc4n3c2=O)cc(Cl)c1OCCOc1cc(C)ccc1C. The zero-order valence-electron chi connectivity index (χ0n) is 19.5. The highest BCUT2D eigenvalue weighted by molar-refractivity contribution is 7.15. The van der Waals surface area contributed by atoms with Crippen LogP contribution in [0.25, 0.3) is 22.1 Å². The summed E-state index contributed by atoms with van der Waals surface area (Å²) >= 11 is 7.88. The molecule has 2 aromatic heterocycles. The lowest BCUT2D eigenvalue weighted by molar-refractivity contribution is 0.210. The van der Waals surface area contributed by atoms with Gasteiger partial charge in [0.15, 0.2) is 16.5 Å². The van der Waals surface area contributed by atoms with Crippen LogP contribution in [-0.2, 0) is 0 Å². The first kappa shape index (κ1) is 23.2. The number of hydrogen-bond acceptors (Lipinski definition) is 6. The third-order valence-corrected chi connectivity index (χ3v) is 6.88. The maximum Gasteiger partial charge on any atom is 0.274 e. The van der Waals surface area contributed by atoms with Crippen LogP contribution >= 0.6 is 22.9 Å². The van der Waals surface area contributed by atoms with Crippen LogP contribution in [0, 0.1) is 13.8 Å². The quantitative estimate of drug-likeness (QED) is 0.284. The van der Waals surface area contributed by atoms with Crippen molar-refractivity contribution in [1.82, 2.24) is 9.38 Å². The van der Waals surface area contributed by atoms with Crippen LogP contribution in [-0.4, -0.2) is 29.7 Å². The molecule has 0 radical (unpaired) electrons. The van der Waals surface area contributed by atoms with E-state index in [1.54, 1.807) is 29.7 Å². The molecular weight excluding hydrogens is 484 g/mol. The Kier molecular flexibility index (Phi) is 6.36. The molecule has 0 amide bonds. The number of nitrogens with zero attached hydrogens (tertiary/aromatic N) is 2. The third-order valence-electron chi connectivity index (χ3n) is 5.63. The number of aryl methyl sites for hydroxylation is 2. The molecule has 0 aliphatic carbocycles. The van der Waals surface area contributed by atoms with Crippen LogP contribution in [0.4, 0.5) is 0 Å². The van der Waals surface area contributed by atoms with Crippen LogP contribution in [0.3, 0.4) is 0 Å². The predicted octanol–water partition coefficient (Wildman–Crippen LogP) is 5.19. The topological polar surface area (TPSA) is 62.1 Å². The van der Waals surface area contributed by atoms with Crippen LogP contribution in [0.2, 0.25) is 5.02 Å². The monoisotopic (exact) mass is 506 g/mol. The molecule has 0 spiro atoms. The Bertz CT molecular complexity index is 1660. The first-order valence-electron chi connectivity index (χ1n) is 11.1. The van der Waals surface area contributed by atoms with Gasteiger partial charge in [0.05, 0.1) is 27.7 Å². The van der Waals surface area contributed by atoms with E-state index in [1.165, 1.54) is 11.3 Å². The van der Waals surface area contributed by atoms with E-state index in [1.807, 2.05) is 56.3 Å². The first-order valence-corrected chi connectivity index (χ1v) is 12.3. The maximum absolute atomic E-state index is 13.0. The summed E-state index contributed by atoms with van der Waals surface area (Å²) in [5, 5.41) is 0.390. The molecule has 178 valence electrons. The molecule has 0 saturated heterocycles. The minimum Gasteiger partial charge on any atom is -0.493 e. The van der Waals surface area contributed by atoms with E-state index >= 15 is 0 Å². The van der Waals surface area contributed by atoms with Gasteiger partial charge in [0.1, 0.15) is 19.0 Å². The zero-order chi connectivity index (χ0) is 24.5. The number of ether oxygens (including phenoxy) is 3. The van der Waals surface area contributed by atoms with E-state index in [9.17, 15) is 4.79 Å². The normalized spacial score (nSPS) is 11.9. The van der Waals surface area contributed by atoms with Gasteiger partial charge in [-0.15, -0.1) is 0 Å². The van der Waals surface area contributed by atoms with E-state index in [4.69, 9.17) is 25.8 Å². The molecule has 35 heavy (non-hydrogen) atoms. The van der Waals surface area contributed by atoms with Gasteiger partial charge in [-0.1, -0.05) is 47.2 Å². The van der Waals surface area contributed by atoms with Crippen molar-refractivity contribution in [1.29, 1.82) is 0 Å². The first-order chi connectivity index (χ1) is 16.9. The predicted molar refractivity (Wildman–Crippen MR) is 141 cm³/mol. The number of methoxy groups -OCH3 is 1. The number of halogens is 1. The number of para-hydroxylation sites is 2. The Labute approximate surface area is 211 Å². The van der Waals surface area contributed by atoms with Crippen molar-refractivity contribution in [2.45, 2.75) is 13.8 Å². The molecule has 0 fully saturated rings. The third kappa shape index (κ3) is 4.57. The number of imidazole rings is 1. The Morgan fingerprint density at radius 1 is 1.03 bits per heavy atom. The highest BCUT2D eigenvalue weighted by atomic mass is 35.5. The summed E-state index contributed by atoms with van der Waals surface area (Å²) < 4.78 is 19.5. The van der Waals surface area contributed by atoms with Gasteiger partial charge in [-0.2, -0.15) is 0 Å². The van der Waals surface area contributed by atoms with Crippen molar-refractivity contribution in [3.63, 3.8) is 0 Å². The van der Waals surface area contributed by atoms with E-state index in [2.05, 4.69) is 4.98 Å². The van der Waals surface area contributed by atoms with E-state index in [0.717, 1.165) is 33.5 Å². The molecule has 0 bridgehead atoms. The molecule has 6 nitrogen and oxygen atoms in total. The second kappa shape index (κ2) is 9.60. The van der Waals surface area contributed by atoms with Gasteiger partial charge in [-0.25, -0.2) is 9.38 Å². The lowest BCUT2D eigenvalue weighted by atomic mass is 10.1. The summed E-state index contributed by atoms with van der Waals surface area (Å²) in [4.78, 5) is 18.3. The van der Waals surface area contributed by atoms with Gasteiger partial charge in [-0.3, -0.25) is 4.79 Å². The van der Waals surface area contributed by atoms with Crippen LogP contribution in [0.15, 0.2) is 59.4 Å². The van der Waals surface area contributed by atoms with Gasteiger partial charge < -0.3 is 14.2 Å². The van der Waals surface area contributed by atoms with E-state index < -0.39 is 0 Å². The summed E-state index contributed by atoms with van der Waals surface area (Å²) in [5.41, 5.74) is 4.42. The molecular formula is C27H23ClN2O4S. The molecule has 0 aliphatic heterocycles. The van der Waals surface area contributed by atoms with Crippen molar-refractivity contribution in [2.75, 3.05) is 20.3 Å². The van der Waals surface area contributed by atoms with Gasteiger partial charge in [0, 0.05) is 0 Å². The molecule has 5 rings (SSSR count). The smallest absolute Gasteiger partial charge is 0.274 e. The zero-order valence-corrected chi connectivity index (χ0v) is 21.1. The van der Waals surface area contributed by atoms with Crippen molar-refractivity contribution in [3.05, 3.63) is 91.2 Å². The van der Waals surface area contributed by atoms with Gasteiger partial charge >= 0.3 is 0 Å². The minimum atomic E-state index is -0.113. The Hall–Kier alpha value is -3.55. The number of benzene rings is 3. The number of aromatic nitrogens is 2. The fourth-order valence-electron chi connectivity index (χ4n) is 3.88. The summed E-state index contributed by atoms with van der Waals surface area (Å²) in [7, 11) is 1.55. The summed E-state index contributed by atoms with van der Waals surface area (Å²) in [6.45, 7) is 4.69. The molecule has 0 aliphatic rings. The molecule has 0 unspecified atom stereocenters. The molecule has 2 heterocycles. The fourth-order valence-corrected chi connectivity index (χ4v) is 5.15. The number of rotatable bonds is 7. The average molecular weight is 507 g/mol. The lowest BCUT2D eigenvalue weighted by Crippen LogP contribution is -2.22. The summed E-state index contributed by atoms with van der Waals surface area (Å²) in [5.74, 6) is 1.75. The average Bonchev–Trinajstić information content (AvgIpc) is 3.35. The Morgan fingerprint density at radius 3 is 2.66 bits per heavy atom. The minimum absolute atomic E-state index is 0.113. The number of thiazole rings is 1. The number of hydrogen-bond donors (Lipinski definition) is 0. The second-order valence-corrected chi connectivity index (χ2v) is 9.55. The maximum atomic E-state index is 13.0. The fraction of sp³-hybridized carbons (Fsp3) is 0.185. The molecule has 0 atom stereocenters. The Balaban J connectivity index is 1.38. The van der Waals surface area contributed by atoms with Crippen LogP contribution in [0.5, 0.6) is 17.2 Å². The van der Waals surface area contributed by atoms with Crippen LogP contribution < -0.4 is 24.3 Å². The standard InChI is InChI=1S/C27H23ClN2O4S/c1-16-8-9-17(2)22(12-16)33-10-11-34-25-19(28)13-18(14-23(25)32-3)15-24-26(31)30-21-7-5-4-6-20(21)29-27(30)35-24/h4-9,12-15H,10-11H2,1-3H3. The summed E-state index contributed by atoms with van der Waals surface area (Å²) in [6, 6.07) is 17.2. The highest BCUT2D eigenvalue weighted by Crippen LogP contribution is 2.36. The van der Waals surface area contributed by atoms with Gasteiger partial charge in [0.25, 0.3) is 5.56 Å². The van der Waals surface area contributed by atoms with Crippen molar-refractivity contribution in [2.24, 2.45) is 0 Å². The van der Waals surface area contributed by atoms with Gasteiger partial charge in [0.2, 0.25) is 0 Å². The van der Waals surface area contributed by atoms with Gasteiger partial charge in [-0.05, 0) is 66.9 Å². The number of fused-ring (bicyclic) bond motifs is 3. The van der Waals surface area contributed by atoms with E-state index in [-0.39, 0.29) is 5.56 Å². The second-order valence-electron chi connectivity index (χ2n) is 8.13. The largest absolute Gasteiger partial charge is 0.493 e. The summed E-state index contributed by atoms with van der Waals surface area (Å²) in [6.07, 6.45) is 1.79. The van der Waals surface area contributed by atoms with Crippen molar-refractivity contribution < 1.29 is 14.2 Å². The highest BCUT2D eigenvalue weighted by Gasteiger charge is 2.14. The van der Waals surface area contributed by atoms with Crippen molar-refractivity contribution >= 4 is 45.0 Å². The van der Waals surface area contributed by atoms with Crippen LogP contribution in [0.1, 0.15) is 16.7 Å². The van der Waals surface area contributed by atoms with Crippen molar-refractivity contribution in [3.8, 4) is 17.2 Å². The van der Waals surface area contributed by atoms with E-state index in [0.29, 0.717) is 39.2 Å². The molecule has 0 N–H and O–H groups in total. The molecule has 5 aromatic rings. The molecule has 8 heteroatoms. The molecule has 3 aromatic carbocycles. The lowest BCUT2D eigenvalue weighted by Gasteiger charge is -2.14. The Morgan fingerprint density at radius 2 is 1.83 bits per heavy atom. The molecule has 0 saturated carbocycles.